The fraction of sp³-hybridized carbons (Fsp3) is 0.294. The highest BCUT2D eigenvalue weighted by Crippen LogP contribution is 2.14. The summed E-state index contributed by atoms with van der Waals surface area (Å²) >= 11 is 0. The molecule has 0 aliphatic carbocycles. The van der Waals surface area contributed by atoms with E-state index in [0.29, 0.717) is 13.2 Å². The van der Waals surface area contributed by atoms with E-state index in [1.54, 1.807) is 7.11 Å². The zero-order valence-electron chi connectivity index (χ0n) is 12.1. The maximum atomic E-state index is 5.80. The van der Waals surface area contributed by atoms with Crippen LogP contribution in [0.1, 0.15) is 16.7 Å². The Morgan fingerprint density at radius 1 is 0.900 bits per heavy atom. The standard InChI is InChI=1S/C17H21NO2/c1-18-11-15-5-3-4-6-16(15)13-20-12-14-7-9-17(19-2)10-8-14/h3-10,18H,11-13H2,1-2H3. The van der Waals surface area contributed by atoms with E-state index in [0.717, 1.165) is 17.9 Å². The summed E-state index contributed by atoms with van der Waals surface area (Å²) in [6, 6.07) is 16.3. The maximum absolute atomic E-state index is 5.80. The summed E-state index contributed by atoms with van der Waals surface area (Å²) in [5.74, 6) is 0.869. The number of nitrogens with one attached hydrogen (secondary N) is 1. The van der Waals surface area contributed by atoms with Gasteiger partial charge in [-0.25, -0.2) is 0 Å². The molecule has 20 heavy (non-hydrogen) atoms. The molecule has 0 spiro atoms. The second-order valence-electron chi connectivity index (χ2n) is 4.64. The van der Waals surface area contributed by atoms with Crippen LogP contribution < -0.4 is 10.1 Å². The van der Waals surface area contributed by atoms with Crippen LogP contribution in [-0.2, 0) is 24.5 Å². The number of hydrogen-bond acceptors (Lipinski definition) is 3. The molecule has 2 aromatic rings. The smallest absolute Gasteiger partial charge is 0.118 e. The Morgan fingerprint density at radius 3 is 2.25 bits per heavy atom. The summed E-state index contributed by atoms with van der Waals surface area (Å²) in [6.45, 7) is 2.10. The normalized spacial score (nSPS) is 10.5. The molecule has 0 unspecified atom stereocenters. The second kappa shape index (κ2) is 7.68. The first-order valence-electron chi connectivity index (χ1n) is 6.75. The van der Waals surface area contributed by atoms with E-state index in [2.05, 4.69) is 23.5 Å². The van der Waals surface area contributed by atoms with E-state index in [4.69, 9.17) is 9.47 Å². The molecule has 2 aromatic carbocycles. The predicted octanol–water partition coefficient (Wildman–Crippen LogP) is 3.13. The van der Waals surface area contributed by atoms with Gasteiger partial charge in [0, 0.05) is 6.54 Å². The Labute approximate surface area is 120 Å². The molecule has 0 atom stereocenters. The molecule has 3 heteroatoms. The fourth-order valence-corrected chi connectivity index (χ4v) is 2.06. The summed E-state index contributed by atoms with van der Waals surface area (Å²) < 4.78 is 10.9. The largest absolute Gasteiger partial charge is 0.497 e. The summed E-state index contributed by atoms with van der Waals surface area (Å²) in [4.78, 5) is 0. The Bertz CT molecular complexity index is 523. The van der Waals surface area contributed by atoms with Crippen LogP contribution in [0.4, 0.5) is 0 Å². The summed E-state index contributed by atoms with van der Waals surface area (Å²) in [6.07, 6.45) is 0. The minimum absolute atomic E-state index is 0.609. The number of methoxy groups -OCH3 is 1. The molecular formula is C17H21NO2. The number of benzene rings is 2. The van der Waals surface area contributed by atoms with Crippen molar-refractivity contribution < 1.29 is 9.47 Å². The fourth-order valence-electron chi connectivity index (χ4n) is 2.06. The highest BCUT2D eigenvalue weighted by atomic mass is 16.5. The molecule has 0 bridgehead atoms. The van der Waals surface area contributed by atoms with Crippen molar-refractivity contribution in [2.75, 3.05) is 14.2 Å². The van der Waals surface area contributed by atoms with Crippen LogP contribution in [0.25, 0.3) is 0 Å². The van der Waals surface area contributed by atoms with Gasteiger partial charge in [-0.3, -0.25) is 0 Å². The summed E-state index contributed by atoms with van der Waals surface area (Å²) in [7, 11) is 3.62. The highest BCUT2D eigenvalue weighted by molar-refractivity contribution is 5.27. The molecule has 0 radical (unpaired) electrons. The topological polar surface area (TPSA) is 30.5 Å². The molecule has 0 fully saturated rings. The lowest BCUT2D eigenvalue weighted by atomic mass is 10.1. The van der Waals surface area contributed by atoms with Gasteiger partial charge in [-0.05, 0) is 35.9 Å². The van der Waals surface area contributed by atoms with Crippen molar-refractivity contribution in [3.8, 4) is 5.75 Å². The van der Waals surface area contributed by atoms with Gasteiger partial charge in [0.05, 0.1) is 20.3 Å². The van der Waals surface area contributed by atoms with Gasteiger partial charge >= 0.3 is 0 Å². The summed E-state index contributed by atoms with van der Waals surface area (Å²) in [5.41, 5.74) is 3.66. The van der Waals surface area contributed by atoms with Crippen molar-refractivity contribution in [1.82, 2.24) is 5.32 Å². The van der Waals surface area contributed by atoms with Crippen LogP contribution in [0, 0.1) is 0 Å². The van der Waals surface area contributed by atoms with Crippen molar-refractivity contribution in [3.05, 3.63) is 65.2 Å². The Morgan fingerprint density at radius 2 is 1.60 bits per heavy atom. The van der Waals surface area contributed by atoms with Gasteiger partial charge < -0.3 is 14.8 Å². The van der Waals surface area contributed by atoms with E-state index < -0.39 is 0 Å². The van der Waals surface area contributed by atoms with Crippen LogP contribution in [0.2, 0.25) is 0 Å². The minimum atomic E-state index is 0.609. The maximum Gasteiger partial charge on any atom is 0.118 e. The quantitative estimate of drug-likeness (QED) is 0.839. The molecule has 0 heterocycles. The van der Waals surface area contributed by atoms with E-state index in [1.165, 1.54) is 11.1 Å². The van der Waals surface area contributed by atoms with Gasteiger partial charge in [-0.1, -0.05) is 36.4 Å². The monoisotopic (exact) mass is 271 g/mol. The zero-order valence-corrected chi connectivity index (χ0v) is 12.1. The third kappa shape index (κ3) is 4.08. The van der Waals surface area contributed by atoms with Crippen LogP contribution >= 0.6 is 0 Å². The van der Waals surface area contributed by atoms with Crippen molar-refractivity contribution in [2.24, 2.45) is 0 Å². The van der Waals surface area contributed by atoms with Crippen LogP contribution in [0.3, 0.4) is 0 Å². The first-order chi connectivity index (χ1) is 9.83. The molecule has 0 aromatic heterocycles. The van der Waals surface area contributed by atoms with E-state index in [1.807, 2.05) is 37.4 Å². The van der Waals surface area contributed by atoms with Gasteiger partial charge in [0.1, 0.15) is 5.75 Å². The highest BCUT2D eigenvalue weighted by Gasteiger charge is 2.01. The Kier molecular flexibility index (Phi) is 5.59. The molecule has 0 aliphatic heterocycles. The first kappa shape index (κ1) is 14.6. The number of hydrogen-bond donors (Lipinski definition) is 1. The SMILES string of the molecule is CNCc1ccccc1COCc1ccc(OC)cc1. The molecule has 0 saturated heterocycles. The van der Waals surface area contributed by atoms with Gasteiger partial charge in [0.15, 0.2) is 0 Å². The second-order valence-corrected chi connectivity index (χ2v) is 4.64. The molecule has 0 amide bonds. The van der Waals surface area contributed by atoms with Crippen LogP contribution in [-0.4, -0.2) is 14.2 Å². The van der Waals surface area contributed by atoms with Gasteiger partial charge in [0.2, 0.25) is 0 Å². The van der Waals surface area contributed by atoms with Crippen LogP contribution in [0.5, 0.6) is 5.75 Å². The number of ether oxygens (including phenoxy) is 2. The van der Waals surface area contributed by atoms with Crippen LogP contribution in [0.15, 0.2) is 48.5 Å². The van der Waals surface area contributed by atoms with Crippen molar-refractivity contribution in [3.63, 3.8) is 0 Å². The molecule has 2 rings (SSSR count). The Hall–Kier alpha value is -1.84. The van der Waals surface area contributed by atoms with Gasteiger partial charge in [-0.15, -0.1) is 0 Å². The predicted molar refractivity (Wildman–Crippen MR) is 80.7 cm³/mol. The third-order valence-corrected chi connectivity index (χ3v) is 3.17. The van der Waals surface area contributed by atoms with E-state index >= 15 is 0 Å². The average Bonchev–Trinajstić information content (AvgIpc) is 2.50. The zero-order chi connectivity index (χ0) is 14.2. The lowest BCUT2D eigenvalue weighted by Gasteiger charge is -2.10. The van der Waals surface area contributed by atoms with E-state index in [9.17, 15) is 0 Å². The van der Waals surface area contributed by atoms with E-state index in [-0.39, 0.29) is 0 Å². The third-order valence-electron chi connectivity index (χ3n) is 3.17. The summed E-state index contributed by atoms with van der Waals surface area (Å²) in [5, 5.41) is 3.18. The number of rotatable bonds is 7. The van der Waals surface area contributed by atoms with Crippen molar-refractivity contribution in [2.45, 2.75) is 19.8 Å². The van der Waals surface area contributed by atoms with Gasteiger partial charge in [-0.2, -0.15) is 0 Å². The molecule has 0 aliphatic rings. The molecule has 3 nitrogen and oxygen atoms in total. The van der Waals surface area contributed by atoms with Crippen molar-refractivity contribution >= 4 is 0 Å². The average molecular weight is 271 g/mol. The van der Waals surface area contributed by atoms with Gasteiger partial charge in [0.25, 0.3) is 0 Å². The lowest BCUT2D eigenvalue weighted by molar-refractivity contribution is 0.106. The minimum Gasteiger partial charge on any atom is -0.497 e. The lowest BCUT2D eigenvalue weighted by Crippen LogP contribution is -2.08. The molecule has 1 N–H and O–H groups in total. The molecular weight excluding hydrogens is 250 g/mol. The molecule has 0 saturated carbocycles. The molecule has 106 valence electrons. The Balaban J connectivity index is 1.89. The van der Waals surface area contributed by atoms with Crippen molar-refractivity contribution in [1.29, 1.82) is 0 Å². The first-order valence-corrected chi connectivity index (χ1v) is 6.75.